The molecule has 0 saturated carbocycles. The molecule has 145 valence electrons. The molecule has 0 aliphatic heterocycles. The molecule has 4 rings (SSSR count). The molecule has 0 spiro atoms. The molecule has 5 heteroatoms. The van der Waals surface area contributed by atoms with Crippen LogP contribution in [0.2, 0.25) is 0 Å². The molecule has 0 bridgehead atoms. The summed E-state index contributed by atoms with van der Waals surface area (Å²) in [7, 11) is 3.45. The largest absolute Gasteiger partial charge is 0.397 e. The number of nitrogen functional groups attached to an aromatic ring is 1. The van der Waals surface area contributed by atoms with Crippen molar-refractivity contribution in [2.75, 3.05) is 5.73 Å². The SMILES string of the molecule is CC(C)(C)c1nc2c(N)cccc2n1C(O[Si])(c1ccccc1)c1ccccc1. The van der Waals surface area contributed by atoms with E-state index in [4.69, 9.17) is 15.1 Å². The van der Waals surface area contributed by atoms with Crippen molar-refractivity contribution >= 4 is 27.2 Å². The number of rotatable bonds is 4. The number of benzene rings is 3. The van der Waals surface area contributed by atoms with Crippen LogP contribution in [0.5, 0.6) is 0 Å². The Bertz CT molecular complexity index is 1090. The average molecular weight is 399 g/mol. The molecule has 3 radical (unpaired) electrons. The van der Waals surface area contributed by atoms with Gasteiger partial charge in [0.1, 0.15) is 11.3 Å². The zero-order valence-corrected chi connectivity index (χ0v) is 17.9. The molecule has 0 saturated heterocycles. The molecule has 0 amide bonds. The molecule has 1 aromatic heterocycles. The van der Waals surface area contributed by atoms with Crippen molar-refractivity contribution < 1.29 is 4.43 Å². The third-order valence-corrected chi connectivity index (χ3v) is 5.48. The summed E-state index contributed by atoms with van der Waals surface area (Å²) in [5, 5.41) is 0. The molecule has 4 nitrogen and oxygen atoms in total. The molecule has 3 aromatic carbocycles. The molecule has 2 N–H and O–H groups in total. The first-order chi connectivity index (χ1) is 13.9. The van der Waals surface area contributed by atoms with Gasteiger partial charge in [0.15, 0.2) is 5.72 Å². The lowest BCUT2D eigenvalue weighted by atomic mass is 9.90. The Labute approximate surface area is 174 Å². The van der Waals surface area contributed by atoms with Gasteiger partial charge in [-0.15, -0.1) is 0 Å². The second-order valence-corrected chi connectivity index (χ2v) is 8.42. The average Bonchev–Trinajstić information content (AvgIpc) is 3.13. The molecule has 1 heterocycles. The minimum Gasteiger partial charge on any atom is -0.397 e. The van der Waals surface area contributed by atoms with E-state index in [1.165, 1.54) is 0 Å². The van der Waals surface area contributed by atoms with Gasteiger partial charge < -0.3 is 10.2 Å². The second-order valence-electron chi connectivity index (χ2n) is 8.21. The maximum Gasteiger partial charge on any atom is 0.250 e. The van der Waals surface area contributed by atoms with Crippen molar-refractivity contribution in [3.63, 3.8) is 0 Å². The Hall–Kier alpha value is -2.89. The van der Waals surface area contributed by atoms with Crippen LogP contribution in [-0.2, 0) is 15.6 Å². The van der Waals surface area contributed by atoms with E-state index in [9.17, 15) is 0 Å². The first-order valence-electron chi connectivity index (χ1n) is 9.63. The monoisotopic (exact) mass is 398 g/mol. The topological polar surface area (TPSA) is 53.1 Å². The standard InChI is InChI=1S/C24H24N3OSi/c1-23(2,3)22-26-21-19(25)15-10-16-20(21)27(22)24(28-29,17-11-6-4-7-12-17)18-13-8-5-9-14-18/h4-16H,25H2,1-3H3. The van der Waals surface area contributed by atoms with Crippen LogP contribution < -0.4 is 5.73 Å². The van der Waals surface area contributed by atoms with Crippen LogP contribution in [0, 0.1) is 0 Å². The predicted molar refractivity (Wildman–Crippen MR) is 119 cm³/mol. The van der Waals surface area contributed by atoms with E-state index in [2.05, 4.69) is 60.1 Å². The number of hydrogen-bond acceptors (Lipinski definition) is 3. The van der Waals surface area contributed by atoms with Gasteiger partial charge in [0.05, 0.1) is 11.2 Å². The Balaban J connectivity index is 2.21. The van der Waals surface area contributed by atoms with Crippen molar-refractivity contribution in [2.45, 2.75) is 31.9 Å². The van der Waals surface area contributed by atoms with Crippen LogP contribution in [-0.4, -0.2) is 20.0 Å². The molecule has 0 aliphatic rings. The van der Waals surface area contributed by atoms with E-state index >= 15 is 0 Å². The highest BCUT2D eigenvalue weighted by molar-refractivity contribution is 5.99. The summed E-state index contributed by atoms with van der Waals surface area (Å²) in [6, 6.07) is 26.2. The predicted octanol–water partition coefficient (Wildman–Crippen LogP) is 4.77. The summed E-state index contributed by atoms with van der Waals surface area (Å²) < 4.78 is 8.39. The zero-order chi connectivity index (χ0) is 20.6. The molecule has 0 aliphatic carbocycles. The fraction of sp³-hybridized carbons (Fsp3) is 0.208. The van der Waals surface area contributed by atoms with Gasteiger partial charge in [-0.25, -0.2) is 4.98 Å². The molecular formula is C24H24N3OSi. The fourth-order valence-electron chi connectivity index (χ4n) is 3.86. The molecule has 4 aromatic rings. The molecule has 29 heavy (non-hydrogen) atoms. The lowest BCUT2D eigenvalue weighted by molar-refractivity contribution is 0.0877. The van der Waals surface area contributed by atoms with Gasteiger partial charge in [0.25, 0.3) is 10.5 Å². The quantitative estimate of drug-likeness (QED) is 0.398. The Kier molecular flexibility index (Phi) is 4.80. The minimum absolute atomic E-state index is 0.245. The minimum atomic E-state index is -0.968. The highest BCUT2D eigenvalue weighted by Gasteiger charge is 2.41. The van der Waals surface area contributed by atoms with Crippen LogP contribution >= 0.6 is 0 Å². The van der Waals surface area contributed by atoms with E-state index < -0.39 is 5.72 Å². The Morgan fingerprint density at radius 3 is 1.86 bits per heavy atom. The van der Waals surface area contributed by atoms with Crippen molar-refractivity contribution in [3.8, 4) is 0 Å². The summed E-state index contributed by atoms with van der Waals surface area (Å²) >= 11 is 0. The van der Waals surface area contributed by atoms with Gasteiger partial charge in [-0.05, 0) is 12.1 Å². The summed E-state index contributed by atoms with van der Waals surface area (Å²) in [5.74, 6) is 0.886. The van der Waals surface area contributed by atoms with Crippen LogP contribution in [0.15, 0.2) is 78.9 Å². The number of anilines is 1. The van der Waals surface area contributed by atoms with Crippen molar-refractivity contribution in [2.24, 2.45) is 0 Å². The number of para-hydroxylation sites is 1. The summed E-state index contributed by atoms with van der Waals surface area (Å²) in [5.41, 5.74) is 9.40. The van der Waals surface area contributed by atoms with Crippen molar-refractivity contribution in [1.82, 2.24) is 9.55 Å². The molecule has 0 atom stereocenters. The summed E-state index contributed by atoms with van der Waals surface area (Å²) in [6.45, 7) is 6.44. The van der Waals surface area contributed by atoms with E-state index in [1.54, 1.807) is 0 Å². The smallest absolute Gasteiger partial charge is 0.250 e. The van der Waals surface area contributed by atoms with Crippen LogP contribution in [0.4, 0.5) is 5.69 Å². The number of fused-ring (bicyclic) bond motifs is 1. The molecular weight excluding hydrogens is 374 g/mol. The third kappa shape index (κ3) is 3.07. The number of nitrogens with zero attached hydrogens (tertiary/aromatic N) is 2. The summed E-state index contributed by atoms with van der Waals surface area (Å²) in [6.07, 6.45) is 0. The van der Waals surface area contributed by atoms with Crippen molar-refractivity contribution in [3.05, 3.63) is 95.8 Å². The van der Waals surface area contributed by atoms with Gasteiger partial charge in [-0.3, -0.25) is 4.57 Å². The van der Waals surface area contributed by atoms with Gasteiger partial charge >= 0.3 is 0 Å². The first kappa shape index (κ1) is 19.4. The van der Waals surface area contributed by atoms with Gasteiger partial charge in [-0.2, -0.15) is 0 Å². The zero-order valence-electron chi connectivity index (χ0n) is 16.9. The summed E-state index contributed by atoms with van der Waals surface area (Å²) in [4.78, 5) is 4.98. The van der Waals surface area contributed by atoms with E-state index in [0.29, 0.717) is 5.69 Å². The number of hydrogen-bond donors (Lipinski definition) is 1. The maximum absolute atomic E-state index is 6.32. The molecule has 0 fully saturated rings. The normalized spacial score (nSPS) is 12.4. The Morgan fingerprint density at radius 1 is 0.828 bits per heavy atom. The second kappa shape index (κ2) is 7.17. The van der Waals surface area contributed by atoms with Crippen LogP contribution in [0.3, 0.4) is 0 Å². The van der Waals surface area contributed by atoms with Crippen LogP contribution in [0.1, 0.15) is 37.7 Å². The third-order valence-electron chi connectivity index (χ3n) is 5.18. The van der Waals surface area contributed by atoms with Gasteiger partial charge in [0.2, 0.25) is 0 Å². The highest BCUT2D eigenvalue weighted by atomic mass is 28.2. The highest BCUT2D eigenvalue weighted by Crippen LogP contribution is 2.41. The number of nitrogens with two attached hydrogens (primary N) is 1. The lowest BCUT2D eigenvalue weighted by Crippen LogP contribution is -2.41. The molecule has 0 unspecified atom stereocenters. The fourth-order valence-corrected chi connectivity index (χ4v) is 4.19. The van der Waals surface area contributed by atoms with Gasteiger partial charge in [0, 0.05) is 16.5 Å². The Morgan fingerprint density at radius 2 is 1.38 bits per heavy atom. The van der Waals surface area contributed by atoms with Crippen molar-refractivity contribution in [1.29, 1.82) is 0 Å². The van der Waals surface area contributed by atoms with E-state index in [-0.39, 0.29) is 5.41 Å². The van der Waals surface area contributed by atoms with Gasteiger partial charge in [-0.1, -0.05) is 87.5 Å². The number of aromatic nitrogens is 2. The maximum atomic E-state index is 6.32. The first-order valence-corrected chi connectivity index (χ1v) is 10.0. The van der Waals surface area contributed by atoms with Crippen LogP contribution in [0.25, 0.3) is 11.0 Å². The van der Waals surface area contributed by atoms with E-state index in [0.717, 1.165) is 28.0 Å². The lowest BCUT2D eigenvalue weighted by Gasteiger charge is -2.39. The van der Waals surface area contributed by atoms with E-state index in [1.807, 2.05) is 54.6 Å². The number of imidazole rings is 1.